The lowest BCUT2D eigenvalue weighted by Gasteiger charge is -2.29. The highest BCUT2D eigenvalue weighted by Crippen LogP contribution is 2.28. The van der Waals surface area contributed by atoms with Crippen LogP contribution in [-0.2, 0) is 7.05 Å². The van der Waals surface area contributed by atoms with Gasteiger partial charge in [-0.25, -0.2) is 0 Å². The zero-order chi connectivity index (χ0) is 14.7. The molecule has 0 aliphatic heterocycles. The summed E-state index contributed by atoms with van der Waals surface area (Å²) >= 11 is 0. The third-order valence-corrected chi connectivity index (χ3v) is 4.61. The predicted octanol–water partition coefficient (Wildman–Crippen LogP) is 3.86. The Bertz CT molecular complexity index is 567. The Balaban J connectivity index is 1.65. The van der Waals surface area contributed by atoms with E-state index < -0.39 is 0 Å². The van der Waals surface area contributed by atoms with Crippen LogP contribution in [0.2, 0.25) is 0 Å². The molecule has 3 rings (SSSR count). The van der Waals surface area contributed by atoms with Crippen molar-refractivity contribution in [2.75, 3.05) is 5.32 Å². The zero-order valence-corrected chi connectivity index (χ0v) is 12.9. The Kier molecular flexibility index (Phi) is 4.23. The van der Waals surface area contributed by atoms with Crippen LogP contribution in [0, 0.1) is 5.92 Å². The summed E-state index contributed by atoms with van der Waals surface area (Å²) in [5.41, 5.74) is 2.30. The second-order valence-electron chi connectivity index (χ2n) is 6.17. The molecule has 0 amide bonds. The van der Waals surface area contributed by atoms with Crippen molar-refractivity contribution in [3.8, 4) is 11.4 Å². The van der Waals surface area contributed by atoms with E-state index in [2.05, 4.69) is 46.7 Å². The van der Waals surface area contributed by atoms with Crippen molar-refractivity contribution in [2.24, 2.45) is 13.0 Å². The second kappa shape index (κ2) is 6.29. The van der Waals surface area contributed by atoms with Gasteiger partial charge in [-0.15, -0.1) is 10.2 Å². The SMILES string of the molecule is CC(Nc1ccc(-c2nncn2C)cc1)C1CCCCC1. The molecule has 0 spiro atoms. The Morgan fingerprint density at radius 2 is 1.86 bits per heavy atom. The lowest BCUT2D eigenvalue weighted by atomic mass is 9.84. The molecule has 0 bridgehead atoms. The molecule has 1 unspecified atom stereocenters. The first-order valence-corrected chi connectivity index (χ1v) is 7.95. The van der Waals surface area contributed by atoms with Gasteiger partial charge in [0.25, 0.3) is 0 Å². The quantitative estimate of drug-likeness (QED) is 0.927. The number of hydrogen-bond acceptors (Lipinski definition) is 3. The smallest absolute Gasteiger partial charge is 0.163 e. The first kappa shape index (κ1) is 14.1. The van der Waals surface area contributed by atoms with Crippen molar-refractivity contribution in [3.05, 3.63) is 30.6 Å². The molecule has 1 heterocycles. The minimum Gasteiger partial charge on any atom is -0.382 e. The highest BCUT2D eigenvalue weighted by atomic mass is 15.2. The fraction of sp³-hybridized carbons (Fsp3) is 0.529. The van der Waals surface area contributed by atoms with Crippen molar-refractivity contribution in [3.63, 3.8) is 0 Å². The third kappa shape index (κ3) is 3.26. The first-order valence-electron chi connectivity index (χ1n) is 7.95. The Hall–Kier alpha value is -1.84. The molecule has 112 valence electrons. The number of hydrogen-bond donors (Lipinski definition) is 1. The average molecular weight is 284 g/mol. The summed E-state index contributed by atoms with van der Waals surface area (Å²) in [5, 5.41) is 11.7. The summed E-state index contributed by atoms with van der Waals surface area (Å²) in [5.74, 6) is 1.72. The maximum atomic E-state index is 4.14. The Morgan fingerprint density at radius 3 is 2.48 bits per heavy atom. The monoisotopic (exact) mass is 284 g/mol. The molecule has 0 saturated heterocycles. The van der Waals surface area contributed by atoms with Crippen molar-refractivity contribution in [1.82, 2.24) is 14.8 Å². The molecule has 0 radical (unpaired) electrons. The van der Waals surface area contributed by atoms with Gasteiger partial charge in [0.15, 0.2) is 5.82 Å². The average Bonchev–Trinajstić information content (AvgIpc) is 2.95. The number of rotatable bonds is 4. The van der Waals surface area contributed by atoms with Crippen LogP contribution in [0.25, 0.3) is 11.4 Å². The van der Waals surface area contributed by atoms with Crippen LogP contribution in [0.15, 0.2) is 30.6 Å². The highest BCUT2D eigenvalue weighted by Gasteiger charge is 2.19. The van der Waals surface area contributed by atoms with Crippen molar-refractivity contribution in [1.29, 1.82) is 0 Å². The van der Waals surface area contributed by atoms with Crippen LogP contribution in [0.5, 0.6) is 0 Å². The summed E-state index contributed by atoms with van der Waals surface area (Å²) in [6.45, 7) is 2.31. The summed E-state index contributed by atoms with van der Waals surface area (Å²) in [6.07, 6.45) is 8.65. The van der Waals surface area contributed by atoms with Gasteiger partial charge in [-0.05, 0) is 49.9 Å². The maximum absolute atomic E-state index is 4.14. The van der Waals surface area contributed by atoms with Gasteiger partial charge >= 0.3 is 0 Å². The van der Waals surface area contributed by atoms with E-state index in [1.54, 1.807) is 6.33 Å². The van der Waals surface area contributed by atoms with Gasteiger partial charge in [0.1, 0.15) is 6.33 Å². The van der Waals surface area contributed by atoms with Crippen LogP contribution >= 0.6 is 0 Å². The van der Waals surface area contributed by atoms with E-state index in [9.17, 15) is 0 Å². The molecule has 1 fully saturated rings. The van der Waals surface area contributed by atoms with E-state index in [1.807, 2.05) is 11.6 Å². The van der Waals surface area contributed by atoms with E-state index in [0.29, 0.717) is 6.04 Å². The molecule has 1 atom stereocenters. The molecule has 2 aromatic rings. The number of anilines is 1. The predicted molar refractivity (Wildman–Crippen MR) is 86.1 cm³/mol. The van der Waals surface area contributed by atoms with Crippen LogP contribution in [-0.4, -0.2) is 20.8 Å². The number of aryl methyl sites for hydroxylation is 1. The van der Waals surface area contributed by atoms with Crippen LogP contribution < -0.4 is 5.32 Å². The standard InChI is InChI=1S/C17H24N4/c1-13(14-6-4-3-5-7-14)19-16-10-8-15(9-11-16)17-20-18-12-21(17)2/h8-14,19H,3-7H2,1-2H3. The summed E-state index contributed by atoms with van der Waals surface area (Å²) < 4.78 is 1.94. The Morgan fingerprint density at radius 1 is 1.14 bits per heavy atom. The van der Waals surface area contributed by atoms with Gasteiger partial charge < -0.3 is 9.88 Å². The van der Waals surface area contributed by atoms with Crippen LogP contribution in [0.3, 0.4) is 0 Å². The maximum Gasteiger partial charge on any atom is 0.163 e. The van der Waals surface area contributed by atoms with E-state index >= 15 is 0 Å². The molecule has 1 N–H and O–H groups in total. The topological polar surface area (TPSA) is 42.7 Å². The van der Waals surface area contributed by atoms with Gasteiger partial charge in [0.05, 0.1) is 0 Å². The second-order valence-corrected chi connectivity index (χ2v) is 6.17. The van der Waals surface area contributed by atoms with Crippen molar-refractivity contribution < 1.29 is 0 Å². The van der Waals surface area contributed by atoms with Gasteiger partial charge in [0, 0.05) is 24.3 Å². The molecule has 1 aromatic carbocycles. The molecular formula is C17H24N4. The minimum absolute atomic E-state index is 0.547. The lowest BCUT2D eigenvalue weighted by Crippen LogP contribution is -2.27. The van der Waals surface area contributed by atoms with E-state index in [-0.39, 0.29) is 0 Å². The molecule has 1 saturated carbocycles. The fourth-order valence-electron chi connectivity index (χ4n) is 3.27. The summed E-state index contributed by atoms with van der Waals surface area (Å²) in [7, 11) is 1.96. The molecule has 1 aliphatic rings. The molecule has 4 nitrogen and oxygen atoms in total. The van der Waals surface area contributed by atoms with Crippen molar-refractivity contribution in [2.45, 2.75) is 45.1 Å². The largest absolute Gasteiger partial charge is 0.382 e. The number of nitrogens with one attached hydrogen (secondary N) is 1. The first-order chi connectivity index (χ1) is 10.2. The zero-order valence-electron chi connectivity index (χ0n) is 12.9. The van der Waals surface area contributed by atoms with Crippen LogP contribution in [0.4, 0.5) is 5.69 Å². The molecular weight excluding hydrogens is 260 g/mol. The van der Waals surface area contributed by atoms with E-state index in [0.717, 1.165) is 17.3 Å². The number of aromatic nitrogens is 3. The van der Waals surface area contributed by atoms with Gasteiger partial charge in [-0.2, -0.15) is 0 Å². The molecule has 1 aliphatic carbocycles. The van der Waals surface area contributed by atoms with Gasteiger partial charge in [-0.1, -0.05) is 19.3 Å². The summed E-state index contributed by atoms with van der Waals surface area (Å²) in [4.78, 5) is 0. The van der Waals surface area contributed by atoms with E-state index in [4.69, 9.17) is 0 Å². The fourth-order valence-corrected chi connectivity index (χ4v) is 3.27. The number of nitrogens with zero attached hydrogens (tertiary/aromatic N) is 3. The van der Waals surface area contributed by atoms with Gasteiger partial charge in [-0.3, -0.25) is 0 Å². The normalized spacial score (nSPS) is 17.6. The molecule has 1 aromatic heterocycles. The molecule has 21 heavy (non-hydrogen) atoms. The summed E-state index contributed by atoms with van der Waals surface area (Å²) in [6, 6.07) is 9.05. The minimum atomic E-state index is 0.547. The van der Waals surface area contributed by atoms with Crippen molar-refractivity contribution >= 4 is 5.69 Å². The highest BCUT2D eigenvalue weighted by molar-refractivity contribution is 5.59. The van der Waals surface area contributed by atoms with Gasteiger partial charge in [0.2, 0.25) is 0 Å². The lowest BCUT2D eigenvalue weighted by molar-refractivity contribution is 0.328. The Labute approximate surface area is 126 Å². The van der Waals surface area contributed by atoms with Crippen LogP contribution in [0.1, 0.15) is 39.0 Å². The number of benzene rings is 1. The molecule has 4 heteroatoms. The third-order valence-electron chi connectivity index (χ3n) is 4.61. The van der Waals surface area contributed by atoms with E-state index in [1.165, 1.54) is 37.8 Å².